The Morgan fingerprint density at radius 1 is 1.12 bits per heavy atom. The molecule has 0 aliphatic carbocycles. The highest BCUT2D eigenvalue weighted by molar-refractivity contribution is 7.11. The minimum atomic E-state index is -0.791. The lowest BCUT2D eigenvalue weighted by atomic mass is 10.2. The quantitative estimate of drug-likeness (QED) is 0.490. The average molecular weight is 374 g/mol. The summed E-state index contributed by atoms with van der Waals surface area (Å²) in [6.07, 6.45) is -0.791. The number of amides is 1. The van der Waals surface area contributed by atoms with Gasteiger partial charge in [-0.15, -0.1) is 11.3 Å². The molecule has 0 radical (unpaired) electrons. The van der Waals surface area contributed by atoms with E-state index >= 15 is 0 Å². The standard InChI is InChI=1S/C17H11FN2O5S/c18-11-3-5-14(6-4-11)24-15-9-12(8-13(10-15)20(22)23)19-17(21)25-16-2-1-7-26-16/h1-10H,(H,19,21). The summed E-state index contributed by atoms with van der Waals surface area (Å²) in [5.41, 5.74) is -0.158. The van der Waals surface area contributed by atoms with Gasteiger partial charge in [0.15, 0.2) is 5.06 Å². The number of nitro benzene ring substituents is 1. The van der Waals surface area contributed by atoms with Crippen molar-refractivity contribution in [1.82, 2.24) is 0 Å². The van der Waals surface area contributed by atoms with Gasteiger partial charge < -0.3 is 9.47 Å². The summed E-state index contributed by atoms with van der Waals surface area (Å²) in [7, 11) is 0. The molecule has 2 aromatic carbocycles. The minimum absolute atomic E-state index is 0.109. The molecule has 0 aliphatic rings. The number of halogens is 1. The first-order valence-corrected chi connectivity index (χ1v) is 8.13. The van der Waals surface area contributed by atoms with Crippen LogP contribution >= 0.6 is 11.3 Å². The molecule has 1 amide bonds. The third-order valence-corrected chi connectivity index (χ3v) is 3.83. The predicted octanol–water partition coefficient (Wildman–Crippen LogP) is 5.20. The molecule has 0 saturated carbocycles. The number of anilines is 1. The van der Waals surface area contributed by atoms with Gasteiger partial charge in [-0.2, -0.15) is 0 Å². The van der Waals surface area contributed by atoms with E-state index in [1.54, 1.807) is 17.5 Å². The molecule has 0 aliphatic heterocycles. The van der Waals surface area contributed by atoms with Crippen molar-refractivity contribution in [3.63, 3.8) is 0 Å². The smallest absolute Gasteiger partial charge is 0.417 e. The molecule has 9 heteroatoms. The molecule has 26 heavy (non-hydrogen) atoms. The lowest BCUT2D eigenvalue weighted by molar-refractivity contribution is -0.384. The highest BCUT2D eigenvalue weighted by Crippen LogP contribution is 2.30. The molecule has 7 nitrogen and oxygen atoms in total. The number of hydrogen-bond donors (Lipinski definition) is 1. The monoisotopic (exact) mass is 374 g/mol. The Morgan fingerprint density at radius 3 is 2.54 bits per heavy atom. The van der Waals surface area contributed by atoms with Crippen LogP contribution in [0, 0.1) is 15.9 Å². The molecule has 0 bridgehead atoms. The molecule has 132 valence electrons. The number of carbonyl (C=O) groups is 1. The van der Waals surface area contributed by atoms with Crippen LogP contribution in [0.4, 0.5) is 20.6 Å². The summed E-state index contributed by atoms with van der Waals surface area (Å²) in [6, 6.07) is 12.3. The van der Waals surface area contributed by atoms with E-state index in [0.29, 0.717) is 10.8 Å². The van der Waals surface area contributed by atoms with Crippen molar-refractivity contribution in [3.8, 4) is 16.6 Å². The highest BCUT2D eigenvalue weighted by atomic mass is 32.1. The molecule has 0 atom stereocenters. The lowest BCUT2D eigenvalue weighted by Gasteiger charge is -2.09. The van der Waals surface area contributed by atoms with Crippen LogP contribution in [0.2, 0.25) is 0 Å². The fraction of sp³-hybridized carbons (Fsp3) is 0. The molecule has 1 aromatic heterocycles. The van der Waals surface area contributed by atoms with Crippen molar-refractivity contribution in [2.45, 2.75) is 0 Å². The number of ether oxygens (including phenoxy) is 2. The van der Waals surface area contributed by atoms with E-state index in [-0.39, 0.29) is 17.1 Å². The summed E-state index contributed by atoms with van der Waals surface area (Å²) >= 11 is 1.23. The van der Waals surface area contributed by atoms with Crippen molar-refractivity contribution < 1.29 is 23.6 Å². The van der Waals surface area contributed by atoms with Crippen LogP contribution in [-0.2, 0) is 0 Å². The Balaban J connectivity index is 1.80. The highest BCUT2D eigenvalue weighted by Gasteiger charge is 2.14. The van der Waals surface area contributed by atoms with E-state index in [1.807, 2.05) is 0 Å². The number of hydrogen-bond acceptors (Lipinski definition) is 6. The average Bonchev–Trinajstić information content (AvgIpc) is 3.09. The second-order valence-corrected chi connectivity index (χ2v) is 5.89. The second-order valence-electron chi connectivity index (χ2n) is 4.98. The van der Waals surface area contributed by atoms with Gasteiger partial charge in [-0.25, -0.2) is 9.18 Å². The topological polar surface area (TPSA) is 90.7 Å². The van der Waals surface area contributed by atoms with Crippen molar-refractivity contribution in [1.29, 1.82) is 0 Å². The molecular formula is C17H11FN2O5S. The lowest BCUT2D eigenvalue weighted by Crippen LogP contribution is -2.16. The zero-order chi connectivity index (χ0) is 18.5. The molecule has 0 unspecified atom stereocenters. The number of nitro groups is 1. The number of carbonyl (C=O) groups excluding carboxylic acids is 1. The fourth-order valence-corrected chi connectivity index (χ4v) is 2.59. The molecule has 0 saturated heterocycles. The van der Waals surface area contributed by atoms with Crippen molar-refractivity contribution in [2.75, 3.05) is 5.32 Å². The Hall–Kier alpha value is -3.46. The number of nitrogens with one attached hydrogen (secondary N) is 1. The first-order valence-electron chi connectivity index (χ1n) is 7.25. The van der Waals surface area contributed by atoms with E-state index in [9.17, 15) is 19.3 Å². The van der Waals surface area contributed by atoms with Gasteiger partial charge in [-0.3, -0.25) is 15.4 Å². The number of nitrogens with zero attached hydrogens (tertiary/aromatic N) is 1. The molecule has 1 heterocycles. The number of thiophene rings is 1. The van der Waals surface area contributed by atoms with Crippen LogP contribution in [0.3, 0.4) is 0 Å². The van der Waals surface area contributed by atoms with Crippen molar-refractivity contribution in [3.05, 3.63) is 75.9 Å². The molecule has 1 N–H and O–H groups in total. The van der Waals surface area contributed by atoms with Gasteiger partial charge in [0.1, 0.15) is 17.3 Å². The molecule has 3 rings (SSSR count). The Morgan fingerprint density at radius 2 is 1.88 bits per heavy atom. The molecular weight excluding hydrogens is 363 g/mol. The summed E-state index contributed by atoms with van der Waals surface area (Å²) in [6.45, 7) is 0. The minimum Gasteiger partial charge on any atom is -0.457 e. The number of benzene rings is 2. The summed E-state index contributed by atoms with van der Waals surface area (Å²) in [5, 5.41) is 15.6. The number of rotatable bonds is 5. The third kappa shape index (κ3) is 4.54. The van der Waals surface area contributed by atoms with Crippen LogP contribution in [0.25, 0.3) is 0 Å². The zero-order valence-electron chi connectivity index (χ0n) is 13.0. The van der Waals surface area contributed by atoms with Crippen LogP contribution < -0.4 is 14.8 Å². The van der Waals surface area contributed by atoms with Gasteiger partial charge in [0.05, 0.1) is 16.7 Å². The van der Waals surface area contributed by atoms with Gasteiger partial charge in [-0.1, -0.05) is 0 Å². The first kappa shape index (κ1) is 17.4. The molecule has 0 spiro atoms. The van der Waals surface area contributed by atoms with Gasteiger partial charge in [0, 0.05) is 12.1 Å². The maximum absolute atomic E-state index is 13.0. The van der Waals surface area contributed by atoms with Crippen molar-refractivity contribution in [2.24, 2.45) is 0 Å². The van der Waals surface area contributed by atoms with Gasteiger partial charge in [0.2, 0.25) is 0 Å². The van der Waals surface area contributed by atoms with E-state index in [1.165, 1.54) is 53.8 Å². The van der Waals surface area contributed by atoms with Crippen LogP contribution in [0.1, 0.15) is 0 Å². The predicted molar refractivity (Wildman–Crippen MR) is 93.5 cm³/mol. The Bertz CT molecular complexity index is 929. The van der Waals surface area contributed by atoms with Crippen LogP contribution in [0.15, 0.2) is 60.0 Å². The fourth-order valence-electron chi connectivity index (χ4n) is 2.01. The third-order valence-electron chi connectivity index (χ3n) is 3.09. The van der Waals surface area contributed by atoms with E-state index in [4.69, 9.17) is 9.47 Å². The summed E-state index contributed by atoms with van der Waals surface area (Å²) in [5.74, 6) is -0.0358. The van der Waals surface area contributed by atoms with E-state index in [0.717, 1.165) is 0 Å². The van der Waals surface area contributed by atoms with E-state index < -0.39 is 16.8 Å². The van der Waals surface area contributed by atoms with E-state index in [2.05, 4.69) is 5.32 Å². The largest absolute Gasteiger partial charge is 0.457 e. The van der Waals surface area contributed by atoms with Gasteiger partial charge >= 0.3 is 6.09 Å². The summed E-state index contributed by atoms with van der Waals surface area (Å²) < 4.78 is 23.5. The van der Waals surface area contributed by atoms with Gasteiger partial charge in [0.25, 0.3) is 5.69 Å². The van der Waals surface area contributed by atoms with Crippen molar-refractivity contribution >= 4 is 28.8 Å². The molecule has 0 fully saturated rings. The van der Waals surface area contributed by atoms with Crippen LogP contribution in [0.5, 0.6) is 16.6 Å². The maximum Gasteiger partial charge on any atom is 0.417 e. The molecule has 3 aromatic rings. The number of non-ortho nitro benzene ring substituents is 1. The SMILES string of the molecule is O=C(Nc1cc(Oc2ccc(F)cc2)cc([N+](=O)[O-])c1)Oc1cccs1. The normalized spacial score (nSPS) is 10.2. The Labute approximate surface area is 150 Å². The van der Waals surface area contributed by atoms with Gasteiger partial charge in [-0.05, 0) is 41.8 Å². The zero-order valence-corrected chi connectivity index (χ0v) is 13.9. The first-order chi connectivity index (χ1) is 12.5. The summed E-state index contributed by atoms with van der Waals surface area (Å²) in [4.78, 5) is 22.4. The maximum atomic E-state index is 13.0. The second kappa shape index (κ2) is 7.62. The Kier molecular flexibility index (Phi) is 5.09. The van der Waals surface area contributed by atoms with Crippen LogP contribution in [-0.4, -0.2) is 11.0 Å².